The number of hydrogen-bond acceptors (Lipinski definition) is 2. The van der Waals surface area contributed by atoms with Crippen molar-refractivity contribution >= 4 is 16.9 Å². The van der Waals surface area contributed by atoms with Crippen LogP contribution < -0.4 is 5.73 Å². The van der Waals surface area contributed by atoms with Crippen LogP contribution in [0.15, 0.2) is 24.4 Å². The number of hydrogen-bond donors (Lipinski definition) is 3. The van der Waals surface area contributed by atoms with E-state index in [-0.39, 0.29) is 0 Å². The Bertz CT molecular complexity index is 599. The van der Waals surface area contributed by atoms with Gasteiger partial charge in [0.25, 0.3) is 0 Å². The second-order valence-corrected chi connectivity index (χ2v) is 5.01. The van der Waals surface area contributed by atoms with Gasteiger partial charge in [-0.05, 0) is 36.0 Å². The van der Waals surface area contributed by atoms with Gasteiger partial charge in [0, 0.05) is 23.5 Å². The third kappa shape index (κ3) is 1.88. The van der Waals surface area contributed by atoms with Crippen molar-refractivity contribution in [3.63, 3.8) is 0 Å². The Morgan fingerprint density at radius 3 is 2.94 bits per heavy atom. The monoisotopic (exact) mass is 244 g/mol. The van der Waals surface area contributed by atoms with Gasteiger partial charge in [-0.15, -0.1) is 0 Å². The summed E-state index contributed by atoms with van der Waals surface area (Å²) >= 11 is 0. The summed E-state index contributed by atoms with van der Waals surface area (Å²) in [5, 5.41) is 10.1. The Labute approximate surface area is 105 Å². The Balaban J connectivity index is 2.04. The van der Waals surface area contributed by atoms with Crippen molar-refractivity contribution in [1.82, 2.24) is 4.98 Å². The van der Waals surface area contributed by atoms with Crippen LogP contribution in [0.4, 0.5) is 0 Å². The van der Waals surface area contributed by atoms with E-state index in [2.05, 4.69) is 11.1 Å². The summed E-state index contributed by atoms with van der Waals surface area (Å²) in [6.45, 7) is 0. The summed E-state index contributed by atoms with van der Waals surface area (Å²) in [4.78, 5) is 14.1. The van der Waals surface area contributed by atoms with E-state index in [1.54, 1.807) is 0 Å². The molecule has 1 aromatic carbocycles. The minimum Gasteiger partial charge on any atom is -0.480 e. The lowest BCUT2D eigenvalue weighted by Gasteiger charge is -2.07. The van der Waals surface area contributed by atoms with Crippen molar-refractivity contribution in [1.29, 1.82) is 0 Å². The van der Waals surface area contributed by atoms with Gasteiger partial charge in [-0.2, -0.15) is 0 Å². The number of benzene rings is 1. The van der Waals surface area contributed by atoms with Crippen molar-refractivity contribution in [3.05, 3.63) is 35.5 Å². The zero-order chi connectivity index (χ0) is 12.7. The minimum absolute atomic E-state index is 0.374. The molecule has 1 saturated carbocycles. The SMILES string of the molecule is N[C@@H](Cc1c[nH]c2cccc(C3CC3)c12)C(=O)O. The molecule has 4 nitrogen and oxygen atoms in total. The lowest BCUT2D eigenvalue weighted by molar-refractivity contribution is -0.138. The zero-order valence-electron chi connectivity index (χ0n) is 10.0. The maximum atomic E-state index is 10.9. The van der Waals surface area contributed by atoms with Crippen LogP contribution in [0.3, 0.4) is 0 Å². The summed E-state index contributed by atoms with van der Waals surface area (Å²) in [6, 6.07) is 5.38. The van der Waals surface area contributed by atoms with Crippen LogP contribution >= 0.6 is 0 Å². The van der Waals surface area contributed by atoms with Crippen LogP contribution in [-0.2, 0) is 11.2 Å². The number of nitrogens with two attached hydrogens (primary N) is 1. The fraction of sp³-hybridized carbons (Fsp3) is 0.357. The number of carboxylic acids is 1. The standard InChI is InChI=1S/C14H16N2O2/c15-11(14(17)18)6-9-7-16-12-3-1-2-10(13(9)12)8-4-5-8/h1-3,7-8,11,16H,4-6,15H2,(H,17,18)/t11-/m0/s1. The van der Waals surface area contributed by atoms with Crippen molar-refractivity contribution in [2.75, 3.05) is 0 Å². The van der Waals surface area contributed by atoms with Crippen LogP contribution in [0.5, 0.6) is 0 Å². The van der Waals surface area contributed by atoms with Gasteiger partial charge in [-0.25, -0.2) is 0 Å². The van der Waals surface area contributed by atoms with Crippen molar-refractivity contribution in [2.24, 2.45) is 5.73 Å². The molecule has 0 bridgehead atoms. The molecule has 0 aliphatic heterocycles. The molecule has 4 N–H and O–H groups in total. The molecule has 1 heterocycles. The van der Waals surface area contributed by atoms with E-state index < -0.39 is 12.0 Å². The smallest absolute Gasteiger partial charge is 0.320 e. The van der Waals surface area contributed by atoms with Gasteiger partial charge in [-0.3, -0.25) is 4.79 Å². The molecular formula is C14H16N2O2. The molecule has 1 aliphatic rings. The number of aliphatic carboxylic acids is 1. The van der Waals surface area contributed by atoms with Gasteiger partial charge >= 0.3 is 5.97 Å². The van der Waals surface area contributed by atoms with Crippen LogP contribution in [0.25, 0.3) is 10.9 Å². The molecule has 0 radical (unpaired) electrons. The first-order valence-corrected chi connectivity index (χ1v) is 6.24. The van der Waals surface area contributed by atoms with E-state index in [0.29, 0.717) is 12.3 Å². The molecule has 3 rings (SSSR count). The Morgan fingerprint density at radius 1 is 1.50 bits per heavy atom. The first kappa shape index (κ1) is 11.3. The van der Waals surface area contributed by atoms with Gasteiger partial charge in [0.15, 0.2) is 0 Å². The van der Waals surface area contributed by atoms with Crippen LogP contribution in [0, 0.1) is 0 Å². The molecule has 94 valence electrons. The molecule has 4 heteroatoms. The summed E-state index contributed by atoms with van der Waals surface area (Å²) in [7, 11) is 0. The summed E-state index contributed by atoms with van der Waals surface area (Å²) in [6.07, 6.45) is 4.72. The number of H-pyrrole nitrogens is 1. The van der Waals surface area contributed by atoms with Crippen LogP contribution in [0.1, 0.15) is 29.9 Å². The average Bonchev–Trinajstić information content (AvgIpc) is 3.12. The maximum Gasteiger partial charge on any atom is 0.320 e. The van der Waals surface area contributed by atoms with Crippen molar-refractivity contribution < 1.29 is 9.90 Å². The molecule has 0 amide bonds. The fourth-order valence-corrected chi connectivity index (χ4v) is 2.51. The summed E-state index contributed by atoms with van der Waals surface area (Å²) in [5.41, 5.74) is 9.05. The van der Waals surface area contributed by atoms with Crippen LogP contribution in [0.2, 0.25) is 0 Å². The van der Waals surface area contributed by atoms with Gasteiger partial charge in [0.05, 0.1) is 0 Å². The van der Waals surface area contributed by atoms with E-state index >= 15 is 0 Å². The lowest BCUT2D eigenvalue weighted by Crippen LogP contribution is -2.32. The fourth-order valence-electron chi connectivity index (χ4n) is 2.51. The largest absolute Gasteiger partial charge is 0.480 e. The van der Waals surface area contributed by atoms with E-state index in [4.69, 9.17) is 10.8 Å². The van der Waals surface area contributed by atoms with Gasteiger partial charge < -0.3 is 15.8 Å². The highest BCUT2D eigenvalue weighted by Crippen LogP contribution is 2.43. The first-order chi connectivity index (χ1) is 8.66. The highest BCUT2D eigenvalue weighted by molar-refractivity contribution is 5.88. The van der Waals surface area contributed by atoms with E-state index in [1.165, 1.54) is 23.8 Å². The average molecular weight is 244 g/mol. The second-order valence-electron chi connectivity index (χ2n) is 5.01. The molecule has 1 atom stereocenters. The number of carbonyl (C=O) groups is 1. The van der Waals surface area contributed by atoms with Crippen molar-refractivity contribution in [2.45, 2.75) is 31.2 Å². The molecule has 1 aromatic heterocycles. The molecule has 2 aromatic rings. The maximum absolute atomic E-state index is 10.9. The number of aromatic amines is 1. The number of aromatic nitrogens is 1. The topological polar surface area (TPSA) is 79.1 Å². The quantitative estimate of drug-likeness (QED) is 0.769. The third-order valence-corrected chi connectivity index (χ3v) is 3.59. The third-order valence-electron chi connectivity index (χ3n) is 3.59. The molecule has 0 saturated heterocycles. The van der Waals surface area contributed by atoms with Crippen LogP contribution in [-0.4, -0.2) is 22.1 Å². The summed E-state index contributed by atoms with van der Waals surface area (Å²) < 4.78 is 0. The van der Waals surface area contributed by atoms with Gasteiger partial charge in [0.2, 0.25) is 0 Å². The molecule has 1 fully saturated rings. The predicted molar refractivity (Wildman–Crippen MR) is 69.6 cm³/mol. The molecule has 1 aliphatic carbocycles. The first-order valence-electron chi connectivity index (χ1n) is 6.24. The number of fused-ring (bicyclic) bond motifs is 1. The Hall–Kier alpha value is -1.81. The zero-order valence-corrected chi connectivity index (χ0v) is 10.0. The number of rotatable bonds is 4. The van der Waals surface area contributed by atoms with Crippen molar-refractivity contribution in [3.8, 4) is 0 Å². The molecule has 0 spiro atoms. The van der Waals surface area contributed by atoms with Gasteiger partial charge in [0.1, 0.15) is 6.04 Å². The molecule has 0 unspecified atom stereocenters. The number of nitrogens with one attached hydrogen (secondary N) is 1. The number of carboxylic acid groups (broad SMARTS) is 1. The Kier molecular flexibility index (Phi) is 2.59. The minimum atomic E-state index is -0.951. The second kappa shape index (κ2) is 4.14. The summed E-state index contributed by atoms with van der Waals surface area (Å²) in [5.74, 6) is -0.308. The Morgan fingerprint density at radius 2 is 2.28 bits per heavy atom. The molecule has 18 heavy (non-hydrogen) atoms. The predicted octanol–water partition coefficient (Wildman–Crippen LogP) is 2.00. The highest BCUT2D eigenvalue weighted by atomic mass is 16.4. The lowest BCUT2D eigenvalue weighted by atomic mass is 9.99. The van der Waals surface area contributed by atoms with E-state index in [1.807, 2.05) is 18.3 Å². The molecular weight excluding hydrogens is 228 g/mol. The van der Waals surface area contributed by atoms with E-state index in [0.717, 1.165) is 11.1 Å². The van der Waals surface area contributed by atoms with E-state index in [9.17, 15) is 4.79 Å². The normalized spacial score (nSPS) is 16.9. The van der Waals surface area contributed by atoms with Gasteiger partial charge in [-0.1, -0.05) is 12.1 Å². The highest BCUT2D eigenvalue weighted by Gasteiger charge is 2.27.